The van der Waals surface area contributed by atoms with Gasteiger partial charge in [0.25, 0.3) is 5.91 Å². The highest BCUT2D eigenvalue weighted by atomic mass is 32.2. The van der Waals surface area contributed by atoms with Crippen LogP contribution in [0.15, 0.2) is 29.2 Å². The minimum absolute atomic E-state index is 0.0367. The van der Waals surface area contributed by atoms with Crippen molar-refractivity contribution < 1.29 is 37.5 Å². The van der Waals surface area contributed by atoms with Crippen molar-refractivity contribution in [2.75, 3.05) is 33.4 Å². The van der Waals surface area contributed by atoms with Gasteiger partial charge in [-0.15, -0.1) is 0 Å². The van der Waals surface area contributed by atoms with Crippen LogP contribution in [0, 0.1) is 11.8 Å². The lowest BCUT2D eigenvalue weighted by molar-refractivity contribution is -0.151. The highest BCUT2D eigenvalue weighted by Crippen LogP contribution is 2.31. The molecule has 1 saturated carbocycles. The van der Waals surface area contributed by atoms with Crippen LogP contribution in [0.3, 0.4) is 0 Å². The molecule has 0 bridgehead atoms. The Balaban J connectivity index is 1.80. The second kappa shape index (κ2) is 14.6. The van der Waals surface area contributed by atoms with Gasteiger partial charge in [0.2, 0.25) is 15.9 Å². The SMILES string of the molecule is CCOC(=O)C1CCN(C(=O)CCN(C(CC2CCCCC2)C(=O)NO)S(=O)(=O)c2ccc(OC)cc2)CC1. The summed E-state index contributed by atoms with van der Waals surface area (Å²) in [5.74, 6) is -0.981. The number of ether oxygens (including phenoxy) is 2. The summed E-state index contributed by atoms with van der Waals surface area (Å²) in [6.45, 7) is 2.57. The highest BCUT2D eigenvalue weighted by molar-refractivity contribution is 7.89. The van der Waals surface area contributed by atoms with Gasteiger partial charge in [-0.2, -0.15) is 4.31 Å². The second-order valence-electron chi connectivity index (χ2n) is 10.2. The van der Waals surface area contributed by atoms with Gasteiger partial charge in [-0.3, -0.25) is 19.6 Å². The third-order valence-electron chi connectivity index (χ3n) is 7.72. The number of hydroxylamine groups is 1. The molecule has 1 aliphatic carbocycles. The minimum atomic E-state index is -4.21. The number of rotatable bonds is 12. The molecule has 1 heterocycles. The van der Waals surface area contributed by atoms with Crippen LogP contribution in [0.25, 0.3) is 0 Å². The lowest BCUT2D eigenvalue weighted by atomic mass is 9.84. The number of likely N-dealkylation sites (tertiary alicyclic amines) is 1. The van der Waals surface area contributed by atoms with Crippen molar-refractivity contribution in [3.63, 3.8) is 0 Å². The number of nitrogens with zero attached hydrogens (tertiary/aromatic N) is 2. The summed E-state index contributed by atoms with van der Waals surface area (Å²) in [4.78, 5) is 39.6. The zero-order valence-corrected chi connectivity index (χ0v) is 23.7. The Kier molecular flexibility index (Phi) is 11.6. The minimum Gasteiger partial charge on any atom is -0.497 e. The molecule has 11 nitrogen and oxygen atoms in total. The molecule has 1 aliphatic heterocycles. The fraction of sp³-hybridized carbons (Fsp3) is 0.667. The summed E-state index contributed by atoms with van der Waals surface area (Å²) in [5.41, 5.74) is 1.65. The average molecular weight is 568 g/mol. The van der Waals surface area contributed by atoms with Crippen LogP contribution in [0.1, 0.15) is 64.7 Å². The van der Waals surface area contributed by atoms with Crippen molar-refractivity contribution in [3.8, 4) is 5.75 Å². The molecule has 1 unspecified atom stereocenters. The van der Waals surface area contributed by atoms with Crippen LogP contribution in [0.2, 0.25) is 0 Å². The molecule has 1 atom stereocenters. The molecule has 0 aromatic heterocycles. The smallest absolute Gasteiger partial charge is 0.309 e. The van der Waals surface area contributed by atoms with Crippen molar-refractivity contribution in [2.24, 2.45) is 11.8 Å². The first-order chi connectivity index (χ1) is 18.7. The van der Waals surface area contributed by atoms with Gasteiger partial charge in [0.15, 0.2) is 0 Å². The Morgan fingerprint density at radius 1 is 1.08 bits per heavy atom. The lowest BCUT2D eigenvalue weighted by Crippen LogP contribution is -2.51. The highest BCUT2D eigenvalue weighted by Gasteiger charge is 2.38. The third kappa shape index (κ3) is 8.15. The van der Waals surface area contributed by atoms with Crippen molar-refractivity contribution >= 4 is 27.8 Å². The number of carbonyl (C=O) groups is 3. The van der Waals surface area contributed by atoms with Crippen molar-refractivity contribution in [2.45, 2.75) is 75.6 Å². The van der Waals surface area contributed by atoms with Gasteiger partial charge in [0.05, 0.1) is 24.5 Å². The van der Waals surface area contributed by atoms with Crippen LogP contribution in [-0.2, 0) is 29.1 Å². The molecule has 2 amide bonds. The molecule has 2 N–H and O–H groups in total. The number of hydrogen-bond donors (Lipinski definition) is 2. The van der Waals surface area contributed by atoms with Crippen molar-refractivity contribution in [1.29, 1.82) is 0 Å². The molecule has 2 fully saturated rings. The molecular formula is C27H41N3O8S. The normalized spacial score (nSPS) is 18.0. The van der Waals surface area contributed by atoms with E-state index in [9.17, 15) is 28.0 Å². The summed E-state index contributed by atoms with van der Waals surface area (Å²) in [6.07, 6.45) is 5.93. The van der Waals surface area contributed by atoms with E-state index in [1.165, 1.54) is 31.4 Å². The number of hydrogen-bond acceptors (Lipinski definition) is 8. The predicted octanol–water partition coefficient (Wildman–Crippen LogP) is 2.72. The molecule has 1 aromatic rings. The Bertz CT molecular complexity index is 1070. The molecule has 3 rings (SSSR count). The second-order valence-corrected chi connectivity index (χ2v) is 12.1. The summed E-state index contributed by atoms with van der Waals surface area (Å²) in [5, 5.41) is 9.53. The van der Waals surface area contributed by atoms with Crippen LogP contribution < -0.4 is 10.2 Å². The largest absolute Gasteiger partial charge is 0.497 e. The average Bonchev–Trinajstić information content (AvgIpc) is 2.96. The number of amides is 2. The van der Waals surface area contributed by atoms with E-state index < -0.39 is 22.0 Å². The quantitative estimate of drug-likeness (QED) is 0.223. The van der Waals surface area contributed by atoms with Crippen molar-refractivity contribution in [3.05, 3.63) is 24.3 Å². The predicted molar refractivity (Wildman–Crippen MR) is 142 cm³/mol. The molecule has 1 aromatic carbocycles. The summed E-state index contributed by atoms with van der Waals surface area (Å²) in [6, 6.07) is 4.67. The standard InChI is InChI=1S/C27H41N3O8S/c1-3-38-27(33)21-13-16-29(17-14-21)25(31)15-18-30(39(35,36)23-11-9-22(37-2)10-12-23)24(26(32)28-34)19-20-7-5-4-6-8-20/h9-12,20-21,24,34H,3-8,13-19H2,1-2H3,(H,28,32). The van der Waals surface area contributed by atoms with Crippen LogP contribution >= 0.6 is 0 Å². The topological polar surface area (TPSA) is 143 Å². The van der Waals surface area contributed by atoms with Gasteiger partial charge in [0.1, 0.15) is 11.8 Å². The van der Waals surface area contributed by atoms with Gasteiger partial charge in [-0.25, -0.2) is 13.9 Å². The monoisotopic (exact) mass is 567 g/mol. The molecule has 0 radical (unpaired) electrons. The van der Waals surface area contributed by atoms with E-state index in [0.717, 1.165) is 36.4 Å². The van der Waals surface area contributed by atoms with Gasteiger partial charge < -0.3 is 14.4 Å². The lowest BCUT2D eigenvalue weighted by Gasteiger charge is -2.34. The van der Waals surface area contributed by atoms with Crippen LogP contribution in [0.5, 0.6) is 5.75 Å². The van der Waals surface area contributed by atoms with Gasteiger partial charge in [0, 0.05) is 26.1 Å². The van der Waals surface area contributed by atoms with Crippen LogP contribution in [0.4, 0.5) is 0 Å². The molecule has 0 spiro atoms. The van der Waals surface area contributed by atoms with Crippen LogP contribution in [-0.4, -0.2) is 80.0 Å². The zero-order valence-electron chi connectivity index (χ0n) is 22.8. The van der Waals surface area contributed by atoms with Crippen molar-refractivity contribution in [1.82, 2.24) is 14.7 Å². The first kappa shape index (κ1) is 30.8. The number of nitrogens with one attached hydrogen (secondary N) is 1. The first-order valence-corrected chi connectivity index (χ1v) is 15.2. The molecular weight excluding hydrogens is 526 g/mol. The molecule has 2 aliphatic rings. The summed E-state index contributed by atoms with van der Waals surface area (Å²) < 4.78 is 39.0. The van der Waals surface area contributed by atoms with E-state index in [-0.39, 0.29) is 48.0 Å². The Labute approximate surface area is 230 Å². The Hall–Kier alpha value is -2.70. The van der Waals surface area contributed by atoms with E-state index in [1.54, 1.807) is 17.3 Å². The third-order valence-corrected chi connectivity index (χ3v) is 9.64. The molecule has 1 saturated heterocycles. The van der Waals surface area contributed by atoms with Gasteiger partial charge in [-0.1, -0.05) is 32.1 Å². The number of esters is 1. The maximum absolute atomic E-state index is 13.9. The van der Waals surface area contributed by atoms with Gasteiger partial charge >= 0.3 is 5.97 Å². The summed E-state index contributed by atoms with van der Waals surface area (Å²) in [7, 11) is -2.74. The fourth-order valence-electron chi connectivity index (χ4n) is 5.48. The van der Waals surface area contributed by atoms with E-state index in [4.69, 9.17) is 9.47 Å². The number of carbonyl (C=O) groups excluding carboxylic acids is 3. The number of piperidine rings is 1. The Morgan fingerprint density at radius 3 is 2.28 bits per heavy atom. The van der Waals surface area contributed by atoms with E-state index >= 15 is 0 Å². The maximum atomic E-state index is 13.9. The number of sulfonamides is 1. The van der Waals surface area contributed by atoms with E-state index in [2.05, 4.69) is 0 Å². The zero-order chi connectivity index (χ0) is 28.4. The number of methoxy groups -OCH3 is 1. The molecule has 12 heteroatoms. The maximum Gasteiger partial charge on any atom is 0.309 e. The summed E-state index contributed by atoms with van der Waals surface area (Å²) >= 11 is 0. The molecule has 39 heavy (non-hydrogen) atoms. The van der Waals surface area contributed by atoms with Gasteiger partial charge in [-0.05, 0) is 56.4 Å². The molecule has 218 valence electrons. The Morgan fingerprint density at radius 2 is 1.72 bits per heavy atom. The first-order valence-electron chi connectivity index (χ1n) is 13.8. The van der Waals surface area contributed by atoms with E-state index in [1.807, 2.05) is 0 Å². The van der Waals surface area contributed by atoms with E-state index in [0.29, 0.717) is 38.3 Å². The number of benzene rings is 1. The fourth-order valence-corrected chi connectivity index (χ4v) is 7.08.